The smallest absolute Gasteiger partial charge is 0.244 e. The Morgan fingerprint density at radius 1 is 1.03 bits per heavy atom. The van der Waals surface area contributed by atoms with E-state index in [4.69, 9.17) is 4.74 Å². The summed E-state index contributed by atoms with van der Waals surface area (Å²) in [6.07, 6.45) is 8.88. The zero-order valence-electron chi connectivity index (χ0n) is 18.7. The first-order valence-electron chi connectivity index (χ1n) is 11.3. The summed E-state index contributed by atoms with van der Waals surface area (Å²) in [5.41, 5.74) is 3.54. The van der Waals surface area contributed by atoms with Crippen LogP contribution in [0.5, 0.6) is 5.75 Å². The summed E-state index contributed by atoms with van der Waals surface area (Å²) in [5, 5.41) is 0.520. The molecule has 0 radical (unpaired) electrons. The number of rotatable bonds is 8. The van der Waals surface area contributed by atoms with Crippen LogP contribution in [0.15, 0.2) is 90.6 Å². The van der Waals surface area contributed by atoms with E-state index in [1.807, 2.05) is 59.3 Å². The Bertz CT molecular complexity index is 1250. The van der Waals surface area contributed by atoms with Crippen LogP contribution in [0.3, 0.4) is 0 Å². The van der Waals surface area contributed by atoms with Crippen molar-refractivity contribution in [1.29, 1.82) is 0 Å². The molecule has 1 aliphatic carbocycles. The minimum Gasteiger partial charge on any atom is -0.610 e. The van der Waals surface area contributed by atoms with Crippen LogP contribution in [0.4, 0.5) is 0 Å². The molecule has 4 aromatic rings. The van der Waals surface area contributed by atoms with Gasteiger partial charge in [-0.1, -0.05) is 36.4 Å². The van der Waals surface area contributed by atoms with Gasteiger partial charge in [0.2, 0.25) is 5.03 Å². The van der Waals surface area contributed by atoms with Crippen LogP contribution in [0.2, 0.25) is 0 Å². The maximum absolute atomic E-state index is 13.2. The Morgan fingerprint density at radius 2 is 1.88 bits per heavy atom. The van der Waals surface area contributed by atoms with Gasteiger partial charge >= 0.3 is 0 Å². The third kappa shape index (κ3) is 4.90. The number of carbonyl (C=O) groups excluding carboxylic acids is 1. The van der Waals surface area contributed by atoms with Gasteiger partial charge in [-0.2, -0.15) is 0 Å². The second-order valence-corrected chi connectivity index (χ2v) is 9.68. The van der Waals surface area contributed by atoms with Gasteiger partial charge in [0.25, 0.3) is 0 Å². The Morgan fingerprint density at radius 3 is 2.65 bits per heavy atom. The first kappa shape index (κ1) is 22.4. The van der Waals surface area contributed by atoms with Crippen molar-refractivity contribution in [3.05, 3.63) is 108 Å². The molecule has 2 aromatic carbocycles. The molecular formula is C27H25N3O3S. The number of hydrogen-bond acceptors (Lipinski definition) is 5. The number of Topliss-reactive ketones (excluding diaryl/α,β-unsaturated/α-hetero) is 1. The molecule has 34 heavy (non-hydrogen) atoms. The Balaban J connectivity index is 1.53. The lowest BCUT2D eigenvalue weighted by molar-refractivity contribution is 0.0972. The summed E-state index contributed by atoms with van der Waals surface area (Å²) < 4.78 is 21.8. The third-order valence-electron chi connectivity index (χ3n) is 6.04. The highest BCUT2D eigenvalue weighted by Crippen LogP contribution is 2.36. The molecule has 6 nitrogen and oxygen atoms in total. The molecule has 0 saturated carbocycles. The molecule has 5 rings (SSSR count). The topological polar surface area (TPSA) is 80.1 Å². The number of benzene rings is 2. The van der Waals surface area contributed by atoms with Crippen LogP contribution in [0.25, 0.3) is 0 Å². The highest BCUT2D eigenvalue weighted by molar-refractivity contribution is 7.90. The Labute approximate surface area is 201 Å². The van der Waals surface area contributed by atoms with Crippen LogP contribution < -0.4 is 4.74 Å². The van der Waals surface area contributed by atoms with E-state index in [0.29, 0.717) is 23.7 Å². The molecule has 0 aliphatic heterocycles. The van der Waals surface area contributed by atoms with Gasteiger partial charge in [0, 0.05) is 53.4 Å². The first-order valence-corrected chi connectivity index (χ1v) is 12.7. The number of nitrogens with zero attached hydrogens (tertiary/aromatic N) is 3. The number of carbonyl (C=O) groups is 1. The van der Waals surface area contributed by atoms with Crippen molar-refractivity contribution in [3.8, 4) is 5.75 Å². The number of aromatic nitrogens is 3. The highest BCUT2D eigenvalue weighted by Gasteiger charge is 2.28. The Kier molecular flexibility index (Phi) is 6.74. The van der Waals surface area contributed by atoms with Crippen molar-refractivity contribution in [1.82, 2.24) is 14.5 Å². The molecule has 1 unspecified atom stereocenters. The maximum Gasteiger partial charge on any atom is 0.244 e. The summed E-state index contributed by atoms with van der Waals surface area (Å²) in [7, 11) is 0. The monoisotopic (exact) mass is 471 g/mol. The van der Waals surface area contributed by atoms with Crippen molar-refractivity contribution < 1.29 is 14.1 Å². The van der Waals surface area contributed by atoms with Gasteiger partial charge in [-0.25, -0.2) is 9.97 Å². The summed E-state index contributed by atoms with van der Waals surface area (Å²) in [6, 6.07) is 19.1. The van der Waals surface area contributed by atoms with Gasteiger partial charge in [-0.15, -0.1) is 0 Å². The molecule has 1 aliphatic rings. The lowest BCUT2D eigenvalue weighted by Gasteiger charge is -2.25. The standard InChI is InChI=1S/C27H25N3O3S/c31-24-10-6-9-21-22(24)12-13-25(23(21)18-34(32)27-11-4-5-14-29-27)33-26(17-30-16-15-28-19-30)20-7-2-1-3-8-20/h1-5,7-8,11-16,19,26H,6,9-10,17-18H2/t26-,34?/m1/s1. The minimum atomic E-state index is -1.36. The molecule has 2 heterocycles. The zero-order valence-corrected chi connectivity index (χ0v) is 19.5. The van der Waals surface area contributed by atoms with Gasteiger partial charge in [0.1, 0.15) is 17.6 Å². The van der Waals surface area contributed by atoms with Crippen LogP contribution in [-0.4, -0.2) is 24.9 Å². The molecule has 0 saturated heterocycles. The van der Waals surface area contributed by atoms with Crippen molar-refractivity contribution in [3.63, 3.8) is 0 Å². The summed E-state index contributed by atoms with van der Waals surface area (Å²) in [6.45, 7) is 0.572. The average Bonchev–Trinajstić information content (AvgIpc) is 3.39. The van der Waals surface area contributed by atoms with E-state index in [0.717, 1.165) is 35.1 Å². The van der Waals surface area contributed by atoms with Crippen LogP contribution in [-0.2, 0) is 29.9 Å². The van der Waals surface area contributed by atoms with E-state index >= 15 is 0 Å². The van der Waals surface area contributed by atoms with Crippen molar-refractivity contribution in [2.45, 2.75) is 42.7 Å². The predicted octanol–water partition coefficient (Wildman–Crippen LogP) is 4.93. The largest absolute Gasteiger partial charge is 0.610 e. The third-order valence-corrected chi connectivity index (χ3v) is 7.30. The van der Waals surface area contributed by atoms with Gasteiger partial charge in [-0.3, -0.25) is 4.79 Å². The van der Waals surface area contributed by atoms with Crippen LogP contribution >= 0.6 is 0 Å². The summed E-state index contributed by atoms with van der Waals surface area (Å²) in [5.74, 6) is 1.04. The van der Waals surface area contributed by atoms with E-state index in [-0.39, 0.29) is 17.6 Å². The number of hydrogen-bond donors (Lipinski definition) is 0. The molecule has 0 amide bonds. The molecule has 2 aromatic heterocycles. The van der Waals surface area contributed by atoms with Crippen LogP contribution in [0, 0.1) is 0 Å². The molecule has 0 bridgehead atoms. The van der Waals surface area contributed by atoms with E-state index in [2.05, 4.69) is 9.97 Å². The molecule has 7 heteroatoms. The number of imidazole rings is 1. The number of pyridine rings is 1. The molecular weight excluding hydrogens is 446 g/mol. The van der Waals surface area contributed by atoms with Gasteiger partial charge < -0.3 is 13.9 Å². The van der Waals surface area contributed by atoms with E-state index in [1.54, 1.807) is 30.9 Å². The second kappa shape index (κ2) is 10.2. The predicted molar refractivity (Wildman–Crippen MR) is 130 cm³/mol. The summed E-state index contributed by atoms with van der Waals surface area (Å²) >= 11 is -1.36. The quantitative estimate of drug-likeness (QED) is 0.341. The van der Waals surface area contributed by atoms with Crippen LogP contribution in [0.1, 0.15) is 46.0 Å². The van der Waals surface area contributed by atoms with Crippen molar-refractivity contribution in [2.75, 3.05) is 0 Å². The fraction of sp³-hybridized carbons (Fsp3) is 0.222. The maximum atomic E-state index is 13.2. The molecule has 0 N–H and O–H groups in total. The first-order chi connectivity index (χ1) is 16.7. The number of fused-ring (bicyclic) bond motifs is 1. The lowest BCUT2D eigenvalue weighted by Crippen LogP contribution is -2.19. The van der Waals surface area contributed by atoms with Gasteiger partial charge in [0.05, 0.1) is 12.9 Å². The molecule has 172 valence electrons. The molecule has 0 fully saturated rings. The second-order valence-electron chi connectivity index (χ2n) is 8.28. The Hall–Kier alpha value is -3.42. The SMILES string of the molecule is O=C1CCCc2c1ccc(O[C@H](Cn1ccnc1)c1ccccc1)c2C[S+]([O-])c1ccccn1. The molecule has 0 spiro atoms. The van der Waals surface area contributed by atoms with Gasteiger partial charge in [0.15, 0.2) is 5.78 Å². The number of ether oxygens (including phenoxy) is 1. The fourth-order valence-corrected chi connectivity index (χ4v) is 5.49. The average molecular weight is 472 g/mol. The minimum absolute atomic E-state index is 0.135. The summed E-state index contributed by atoms with van der Waals surface area (Å²) in [4.78, 5) is 21.0. The van der Waals surface area contributed by atoms with E-state index in [1.165, 1.54) is 0 Å². The van der Waals surface area contributed by atoms with E-state index in [9.17, 15) is 9.35 Å². The highest BCUT2D eigenvalue weighted by atomic mass is 32.2. The fourth-order valence-electron chi connectivity index (χ4n) is 4.35. The van der Waals surface area contributed by atoms with Crippen molar-refractivity contribution >= 4 is 17.0 Å². The zero-order chi connectivity index (χ0) is 23.3. The van der Waals surface area contributed by atoms with Crippen molar-refractivity contribution in [2.24, 2.45) is 0 Å². The van der Waals surface area contributed by atoms with Gasteiger partial charge in [-0.05, 0) is 42.2 Å². The number of ketones is 1. The molecule has 2 atom stereocenters. The van der Waals surface area contributed by atoms with E-state index < -0.39 is 11.2 Å². The lowest BCUT2D eigenvalue weighted by atomic mass is 9.87. The normalized spacial score (nSPS) is 14.9.